The summed E-state index contributed by atoms with van der Waals surface area (Å²) in [6, 6.07) is 19.5. The third kappa shape index (κ3) is 6.34. The van der Waals surface area contributed by atoms with Gasteiger partial charge in [-0.2, -0.15) is 13.2 Å². The molecule has 4 rings (SSSR count). The van der Waals surface area contributed by atoms with Crippen LogP contribution in [0.1, 0.15) is 29.8 Å². The Morgan fingerprint density at radius 2 is 1.53 bits per heavy atom. The van der Waals surface area contributed by atoms with Crippen molar-refractivity contribution in [2.45, 2.75) is 20.0 Å². The lowest BCUT2D eigenvalue weighted by Crippen LogP contribution is -2.46. The number of amides is 1. The van der Waals surface area contributed by atoms with Crippen molar-refractivity contribution in [1.29, 1.82) is 0 Å². The van der Waals surface area contributed by atoms with Crippen molar-refractivity contribution >= 4 is 17.3 Å². The molecule has 3 aromatic rings. The smallest absolute Gasteiger partial charge is 0.369 e. The van der Waals surface area contributed by atoms with Crippen molar-refractivity contribution in [3.8, 4) is 11.1 Å². The minimum atomic E-state index is -4.40. The number of halogens is 3. The molecule has 1 heterocycles. The average molecular weight is 494 g/mol. The summed E-state index contributed by atoms with van der Waals surface area (Å²) in [4.78, 5) is 17.8. The Kier molecular flexibility index (Phi) is 7.79. The second-order valence-corrected chi connectivity index (χ2v) is 9.19. The summed E-state index contributed by atoms with van der Waals surface area (Å²) in [7, 11) is 0. The molecule has 36 heavy (non-hydrogen) atoms. The van der Waals surface area contributed by atoms with E-state index in [0.717, 1.165) is 50.5 Å². The number of rotatable bonds is 6. The van der Waals surface area contributed by atoms with Crippen LogP contribution in [0.25, 0.3) is 11.1 Å². The number of hydrogen-bond acceptors (Lipinski definition) is 3. The van der Waals surface area contributed by atoms with E-state index in [1.165, 1.54) is 17.7 Å². The van der Waals surface area contributed by atoms with Gasteiger partial charge in [0.2, 0.25) is 0 Å². The fraction of sp³-hybridized carbons (Fsp3) is 0.276. The second kappa shape index (κ2) is 11.0. The number of carbonyl (C=O) groups excluding carboxylic acids is 1. The number of anilines is 2. The summed E-state index contributed by atoms with van der Waals surface area (Å²) < 4.78 is 38.8. The number of piperazine rings is 1. The fourth-order valence-corrected chi connectivity index (χ4v) is 4.23. The Morgan fingerprint density at radius 1 is 0.889 bits per heavy atom. The van der Waals surface area contributed by atoms with Crippen molar-refractivity contribution in [1.82, 2.24) is 4.90 Å². The summed E-state index contributed by atoms with van der Waals surface area (Å²) in [6.45, 7) is 9.11. The quantitative estimate of drug-likeness (QED) is 0.388. The fourth-order valence-electron chi connectivity index (χ4n) is 4.23. The largest absolute Gasteiger partial charge is 0.416 e. The van der Waals surface area contributed by atoms with E-state index in [-0.39, 0.29) is 5.91 Å². The summed E-state index contributed by atoms with van der Waals surface area (Å²) in [5, 5.41) is 2.92. The number of hydrogen-bond donors (Lipinski definition) is 1. The first kappa shape index (κ1) is 25.5. The van der Waals surface area contributed by atoms with Crippen molar-refractivity contribution < 1.29 is 18.0 Å². The van der Waals surface area contributed by atoms with Gasteiger partial charge in [-0.05, 0) is 67.4 Å². The van der Waals surface area contributed by atoms with Crippen molar-refractivity contribution in [2.24, 2.45) is 0 Å². The Labute approximate surface area is 210 Å². The number of nitrogens with zero attached hydrogens (tertiary/aromatic N) is 2. The molecular formula is C29H30F3N3O. The molecule has 0 unspecified atom stereocenters. The van der Waals surface area contributed by atoms with Gasteiger partial charge in [0.25, 0.3) is 5.91 Å². The van der Waals surface area contributed by atoms with Crippen molar-refractivity contribution in [3.63, 3.8) is 0 Å². The molecule has 3 aromatic carbocycles. The standard InChI is InChI=1S/C29H30F3N3O/c1-21(2)15-16-34-17-19-35(20-18-34)25-13-11-24(12-14-25)33-28(36)27-6-4-3-5-26(27)22-7-9-23(10-8-22)29(30,31)32/h3-15H,16-20H2,1-2H3,(H,33,36). The maximum atomic E-state index is 13.1. The van der Waals surface area contributed by atoms with Gasteiger partial charge in [0.15, 0.2) is 0 Å². The van der Waals surface area contributed by atoms with E-state index >= 15 is 0 Å². The summed E-state index contributed by atoms with van der Waals surface area (Å²) in [6.07, 6.45) is -2.15. The second-order valence-electron chi connectivity index (χ2n) is 9.19. The predicted octanol–water partition coefficient (Wildman–Crippen LogP) is 6.71. The molecule has 0 aliphatic carbocycles. The van der Waals surface area contributed by atoms with Gasteiger partial charge in [-0.15, -0.1) is 0 Å². The van der Waals surface area contributed by atoms with Crippen LogP contribution in [0.4, 0.5) is 24.5 Å². The van der Waals surface area contributed by atoms with Crippen LogP contribution in [-0.2, 0) is 6.18 Å². The monoisotopic (exact) mass is 493 g/mol. The highest BCUT2D eigenvalue weighted by Gasteiger charge is 2.30. The van der Waals surface area contributed by atoms with Crippen LogP contribution >= 0.6 is 0 Å². The SMILES string of the molecule is CC(C)=CCN1CCN(c2ccc(NC(=O)c3ccccc3-c3ccc(C(F)(F)F)cc3)cc2)CC1. The molecule has 1 aliphatic heterocycles. The molecular weight excluding hydrogens is 463 g/mol. The highest BCUT2D eigenvalue weighted by Crippen LogP contribution is 2.32. The van der Waals surface area contributed by atoms with Gasteiger partial charge < -0.3 is 10.2 Å². The third-order valence-electron chi connectivity index (χ3n) is 6.32. The molecule has 0 saturated carbocycles. The molecule has 7 heteroatoms. The van der Waals surface area contributed by atoms with E-state index in [1.54, 1.807) is 24.3 Å². The zero-order valence-electron chi connectivity index (χ0n) is 20.5. The van der Waals surface area contributed by atoms with Gasteiger partial charge in [0.05, 0.1) is 5.56 Å². The van der Waals surface area contributed by atoms with Crippen LogP contribution in [0.15, 0.2) is 84.4 Å². The lowest BCUT2D eigenvalue weighted by molar-refractivity contribution is -0.137. The lowest BCUT2D eigenvalue weighted by Gasteiger charge is -2.35. The van der Waals surface area contributed by atoms with E-state index in [1.807, 2.05) is 24.3 Å². The highest BCUT2D eigenvalue weighted by atomic mass is 19.4. The first-order chi connectivity index (χ1) is 17.2. The lowest BCUT2D eigenvalue weighted by atomic mass is 9.98. The van der Waals surface area contributed by atoms with Crippen LogP contribution in [-0.4, -0.2) is 43.5 Å². The first-order valence-electron chi connectivity index (χ1n) is 12.0. The molecule has 1 fully saturated rings. The molecule has 188 valence electrons. The number of benzene rings is 3. The molecule has 4 nitrogen and oxygen atoms in total. The zero-order chi connectivity index (χ0) is 25.7. The summed E-state index contributed by atoms with van der Waals surface area (Å²) in [5.74, 6) is -0.314. The van der Waals surface area contributed by atoms with Crippen LogP contribution in [0.5, 0.6) is 0 Å². The predicted molar refractivity (Wildman–Crippen MR) is 139 cm³/mol. The molecule has 1 N–H and O–H groups in total. The van der Waals surface area contributed by atoms with Crippen molar-refractivity contribution in [2.75, 3.05) is 42.9 Å². The maximum Gasteiger partial charge on any atom is 0.416 e. The number of carbonyl (C=O) groups is 1. The highest BCUT2D eigenvalue weighted by molar-refractivity contribution is 6.08. The molecule has 0 atom stereocenters. The molecule has 1 aliphatic rings. The van der Waals surface area contributed by atoms with Gasteiger partial charge in [-0.25, -0.2) is 0 Å². The number of allylic oxidation sites excluding steroid dienone is 1. The third-order valence-corrected chi connectivity index (χ3v) is 6.32. The first-order valence-corrected chi connectivity index (χ1v) is 12.0. The van der Waals surface area contributed by atoms with E-state index in [2.05, 4.69) is 35.0 Å². The van der Waals surface area contributed by atoms with Gasteiger partial charge in [-0.3, -0.25) is 9.69 Å². The van der Waals surface area contributed by atoms with E-state index in [9.17, 15) is 18.0 Å². The van der Waals surface area contributed by atoms with E-state index in [4.69, 9.17) is 0 Å². The maximum absolute atomic E-state index is 13.1. The minimum Gasteiger partial charge on any atom is -0.369 e. The normalized spacial score (nSPS) is 14.4. The Hall–Kier alpha value is -3.58. The minimum absolute atomic E-state index is 0.314. The van der Waals surface area contributed by atoms with Gasteiger partial charge in [0, 0.05) is 49.7 Å². The van der Waals surface area contributed by atoms with Crippen LogP contribution in [0.2, 0.25) is 0 Å². The van der Waals surface area contributed by atoms with Crippen LogP contribution in [0, 0.1) is 0 Å². The van der Waals surface area contributed by atoms with Crippen LogP contribution < -0.4 is 10.2 Å². The molecule has 0 bridgehead atoms. The molecule has 1 saturated heterocycles. The van der Waals surface area contributed by atoms with Gasteiger partial charge >= 0.3 is 6.18 Å². The van der Waals surface area contributed by atoms with E-state index in [0.29, 0.717) is 22.4 Å². The summed E-state index contributed by atoms with van der Waals surface area (Å²) in [5.41, 5.74) is 3.90. The average Bonchev–Trinajstić information content (AvgIpc) is 2.88. The molecule has 0 spiro atoms. The molecule has 1 amide bonds. The number of nitrogens with one attached hydrogen (secondary N) is 1. The molecule has 0 aromatic heterocycles. The summed E-state index contributed by atoms with van der Waals surface area (Å²) >= 11 is 0. The van der Waals surface area contributed by atoms with Crippen LogP contribution in [0.3, 0.4) is 0 Å². The van der Waals surface area contributed by atoms with Crippen molar-refractivity contribution in [3.05, 3.63) is 95.6 Å². The Balaban J connectivity index is 1.41. The Morgan fingerprint density at radius 3 is 2.14 bits per heavy atom. The molecule has 0 radical (unpaired) electrons. The van der Waals surface area contributed by atoms with Gasteiger partial charge in [-0.1, -0.05) is 42.0 Å². The number of alkyl halides is 3. The topological polar surface area (TPSA) is 35.6 Å². The van der Waals surface area contributed by atoms with E-state index < -0.39 is 11.7 Å². The Bertz CT molecular complexity index is 1210. The van der Waals surface area contributed by atoms with Gasteiger partial charge in [0.1, 0.15) is 0 Å². The zero-order valence-corrected chi connectivity index (χ0v) is 20.5.